The fourth-order valence-electron chi connectivity index (χ4n) is 1.82. The van der Waals surface area contributed by atoms with Crippen molar-refractivity contribution < 1.29 is 4.79 Å². The second-order valence-corrected chi connectivity index (χ2v) is 6.80. The maximum absolute atomic E-state index is 11.5. The minimum absolute atomic E-state index is 0.126. The Hall–Kier alpha value is -1.79. The normalized spacial score (nSPS) is 11.4. The summed E-state index contributed by atoms with van der Waals surface area (Å²) in [5.41, 5.74) is 7.73. The predicted molar refractivity (Wildman–Crippen MR) is 86.3 cm³/mol. The summed E-state index contributed by atoms with van der Waals surface area (Å²) in [4.78, 5) is 11.5. The van der Waals surface area contributed by atoms with Gasteiger partial charge in [-0.15, -0.1) is 10.2 Å². The lowest BCUT2D eigenvalue weighted by Crippen LogP contribution is -2.15. The first-order chi connectivity index (χ1) is 9.90. The van der Waals surface area contributed by atoms with Gasteiger partial charge in [0.05, 0.1) is 0 Å². The summed E-state index contributed by atoms with van der Waals surface area (Å²) >= 11 is 1.36. The number of anilines is 1. The predicted octanol–water partition coefficient (Wildman–Crippen LogP) is 2.79. The summed E-state index contributed by atoms with van der Waals surface area (Å²) < 4.78 is 0. The molecule has 0 unspecified atom stereocenters. The zero-order valence-electron chi connectivity index (χ0n) is 12.5. The molecular weight excluding hydrogens is 284 g/mol. The van der Waals surface area contributed by atoms with Crippen molar-refractivity contribution in [3.05, 3.63) is 29.8 Å². The molecule has 112 valence electrons. The van der Waals surface area contributed by atoms with Crippen LogP contribution in [0.15, 0.2) is 24.3 Å². The lowest BCUT2D eigenvalue weighted by atomic mass is 9.87. The van der Waals surface area contributed by atoms with Crippen molar-refractivity contribution in [2.45, 2.75) is 32.6 Å². The number of amides is 1. The Balaban J connectivity index is 2.12. The van der Waals surface area contributed by atoms with Crippen LogP contribution in [0.1, 0.15) is 32.8 Å². The minimum atomic E-state index is -0.136. The van der Waals surface area contributed by atoms with Crippen LogP contribution in [0, 0.1) is 0 Å². The van der Waals surface area contributed by atoms with E-state index < -0.39 is 0 Å². The number of carbonyl (C=O) groups is 1. The first-order valence-corrected chi connectivity index (χ1v) is 7.66. The molecule has 0 saturated heterocycles. The Bertz CT molecular complexity index is 613. The van der Waals surface area contributed by atoms with Crippen LogP contribution in [-0.4, -0.2) is 22.6 Å². The van der Waals surface area contributed by atoms with E-state index in [9.17, 15) is 4.79 Å². The Morgan fingerprint density at radius 2 is 1.90 bits per heavy atom. The highest BCUT2D eigenvalue weighted by Crippen LogP contribution is 2.29. The van der Waals surface area contributed by atoms with Gasteiger partial charge in [-0.3, -0.25) is 4.79 Å². The third kappa shape index (κ3) is 4.09. The maximum Gasteiger partial charge on any atom is 0.227 e. The van der Waals surface area contributed by atoms with Crippen LogP contribution >= 0.6 is 11.3 Å². The quantitative estimate of drug-likeness (QED) is 0.910. The summed E-state index contributed by atoms with van der Waals surface area (Å²) in [6.07, 6.45) is 0.287. The lowest BCUT2D eigenvalue weighted by Gasteiger charge is -2.18. The highest BCUT2D eigenvalue weighted by atomic mass is 32.1. The van der Waals surface area contributed by atoms with E-state index >= 15 is 0 Å². The Kier molecular flexibility index (Phi) is 4.69. The third-order valence-corrected chi connectivity index (χ3v) is 3.93. The van der Waals surface area contributed by atoms with E-state index in [4.69, 9.17) is 5.73 Å². The molecule has 0 spiro atoms. The molecule has 0 bridgehead atoms. The van der Waals surface area contributed by atoms with Crippen LogP contribution in [0.4, 0.5) is 5.13 Å². The van der Waals surface area contributed by atoms with E-state index in [-0.39, 0.29) is 17.7 Å². The number of hydrogen-bond donors (Lipinski definition) is 2. The van der Waals surface area contributed by atoms with Crippen LogP contribution < -0.4 is 11.1 Å². The van der Waals surface area contributed by atoms with Crippen molar-refractivity contribution in [1.29, 1.82) is 0 Å². The van der Waals surface area contributed by atoms with Crippen molar-refractivity contribution in [2.24, 2.45) is 5.73 Å². The summed E-state index contributed by atoms with van der Waals surface area (Å²) in [6.45, 7) is 6.86. The van der Waals surface area contributed by atoms with Gasteiger partial charge < -0.3 is 11.1 Å². The third-order valence-electron chi connectivity index (χ3n) is 3.04. The monoisotopic (exact) mass is 304 g/mol. The van der Waals surface area contributed by atoms with Gasteiger partial charge in [-0.2, -0.15) is 0 Å². The molecule has 1 amide bonds. The average molecular weight is 304 g/mol. The van der Waals surface area contributed by atoms with Gasteiger partial charge in [-0.1, -0.05) is 56.4 Å². The molecule has 1 aromatic heterocycles. The molecule has 2 aromatic rings. The molecule has 3 N–H and O–H groups in total. The molecule has 1 heterocycles. The van der Waals surface area contributed by atoms with Crippen LogP contribution in [0.3, 0.4) is 0 Å². The number of hydrogen-bond acceptors (Lipinski definition) is 5. The average Bonchev–Trinajstić information content (AvgIpc) is 2.86. The van der Waals surface area contributed by atoms with Crippen LogP contribution in [0.5, 0.6) is 0 Å². The smallest absolute Gasteiger partial charge is 0.227 e. The molecule has 2 rings (SSSR count). The number of carbonyl (C=O) groups excluding carboxylic acids is 1. The molecule has 0 radical (unpaired) electrons. The van der Waals surface area contributed by atoms with Crippen molar-refractivity contribution in [2.75, 3.05) is 11.9 Å². The molecule has 21 heavy (non-hydrogen) atoms. The number of benzene rings is 1. The second-order valence-electron chi connectivity index (χ2n) is 5.83. The highest BCUT2D eigenvalue weighted by molar-refractivity contribution is 7.18. The van der Waals surface area contributed by atoms with Crippen LogP contribution in [-0.2, 0) is 10.2 Å². The fraction of sp³-hybridized carbons (Fsp3) is 0.400. The van der Waals surface area contributed by atoms with Gasteiger partial charge in [0.15, 0.2) is 0 Å². The second kappa shape index (κ2) is 6.32. The fourth-order valence-corrected chi connectivity index (χ4v) is 2.58. The van der Waals surface area contributed by atoms with E-state index in [1.165, 1.54) is 16.9 Å². The zero-order chi connectivity index (χ0) is 15.5. The Morgan fingerprint density at radius 1 is 1.24 bits per heavy atom. The van der Waals surface area contributed by atoms with E-state index in [0.29, 0.717) is 11.7 Å². The first kappa shape index (κ1) is 15.6. The minimum Gasteiger partial charge on any atom is -0.330 e. The van der Waals surface area contributed by atoms with Gasteiger partial charge in [0.1, 0.15) is 5.01 Å². The standard InChI is InChI=1S/C15H20N4OS/c1-15(2,3)11-6-4-10(5-7-11)13-18-19-14(21-13)17-12(20)8-9-16/h4-7H,8-9,16H2,1-3H3,(H,17,19,20). The number of nitrogens with one attached hydrogen (secondary N) is 1. The van der Waals surface area contributed by atoms with Gasteiger partial charge in [0.2, 0.25) is 11.0 Å². The molecule has 0 aliphatic heterocycles. The summed E-state index contributed by atoms with van der Waals surface area (Å²) in [7, 11) is 0. The van der Waals surface area contributed by atoms with Crippen molar-refractivity contribution in [1.82, 2.24) is 10.2 Å². The van der Waals surface area contributed by atoms with Gasteiger partial charge in [0.25, 0.3) is 0 Å². The molecule has 0 fully saturated rings. The Labute approximate surface area is 128 Å². The SMILES string of the molecule is CC(C)(C)c1ccc(-c2nnc(NC(=O)CCN)s2)cc1. The maximum atomic E-state index is 11.5. The molecule has 0 aliphatic rings. The number of nitrogens with zero attached hydrogens (tertiary/aromatic N) is 2. The molecule has 5 nitrogen and oxygen atoms in total. The molecule has 0 aliphatic carbocycles. The number of nitrogens with two attached hydrogens (primary N) is 1. The van der Waals surface area contributed by atoms with E-state index in [0.717, 1.165) is 10.6 Å². The van der Waals surface area contributed by atoms with Crippen molar-refractivity contribution in [3.63, 3.8) is 0 Å². The van der Waals surface area contributed by atoms with Crippen LogP contribution in [0.2, 0.25) is 0 Å². The van der Waals surface area contributed by atoms with Gasteiger partial charge in [0, 0.05) is 18.5 Å². The lowest BCUT2D eigenvalue weighted by molar-refractivity contribution is -0.116. The van der Waals surface area contributed by atoms with Crippen molar-refractivity contribution >= 4 is 22.4 Å². The van der Waals surface area contributed by atoms with Crippen molar-refractivity contribution in [3.8, 4) is 10.6 Å². The summed E-state index contributed by atoms with van der Waals surface area (Å²) in [6, 6.07) is 8.27. The summed E-state index contributed by atoms with van der Waals surface area (Å²) in [5, 5.41) is 12.1. The zero-order valence-corrected chi connectivity index (χ0v) is 13.3. The van der Waals surface area contributed by atoms with E-state index in [2.05, 4.69) is 48.4 Å². The molecule has 1 aromatic carbocycles. The van der Waals surface area contributed by atoms with Crippen LogP contribution in [0.25, 0.3) is 10.6 Å². The molecule has 0 atom stereocenters. The van der Waals surface area contributed by atoms with E-state index in [1.54, 1.807) is 0 Å². The Morgan fingerprint density at radius 3 is 2.48 bits per heavy atom. The topological polar surface area (TPSA) is 80.9 Å². The summed E-state index contributed by atoms with van der Waals surface area (Å²) in [5.74, 6) is -0.136. The molecular formula is C15H20N4OS. The number of rotatable bonds is 4. The van der Waals surface area contributed by atoms with Gasteiger partial charge in [-0.05, 0) is 11.0 Å². The largest absolute Gasteiger partial charge is 0.330 e. The van der Waals surface area contributed by atoms with Gasteiger partial charge in [-0.25, -0.2) is 0 Å². The first-order valence-electron chi connectivity index (χ1n) is 6.84. The van der Waals surface area contributed by atoms with Gasteiger partial charge >= 0.3 is 0 Å². The number of aromatic nitrogens is 2. The van der Waals surface area contributed by atoms with E-state index in [1.807, 2.05) is 12.1 Å². The molecule has 6 heteroatoms. The highest BCUT2D eigenvalue weighted by Gasteiger charge is 2.14. The molecule has 0 saturated carbocycles.